The third-order valence-corrected chi connectivity index (χ3v) is 7.38. The largest absolute Gasteiger partial charge is 0.324 e. The fourth-order valence-corrected chi connectivity index (χ4v) is 5.24. The number of aryl methyl sites for hydroxylation is 1. The van der Waals surface area contributed by atoms with Gasteiger partial charge in [-0.3, -0.25) is 4.79 Å². The maximum absolute atomic E-state index is 12.8. The fraction of sp³-hybridized carbons (Fsp3) is 0.259. The van der Waals surface area contributed by atoms with Crippen LogP contribution in [0.15, 0.2) is 66.7 Å². The average Bonchev–Trinajstić information content (AvgIpc) is 3.16. The van der Waals surface area contributed by atoms with Crippen LogP contribution in [0.5, 0.6) is 0 Å². The predicted octanol–water partition coefficient (Wildman–Crippen LogP) is 5.47. The monoisotopic (exact) mass is 524 g/mol. The minimum atomic E-state index is -3.94. The molecule has 0 atom stereocenters. The molecule has 0 radical (unpaired) electrons. The van der Waals surface area contributed by atoms with E-state index in [4.69, 9.17) is 11.6 Å². The first-order chi connectivity index (χ1) is 17.3. The topological polar surface area (TPSA) is 93.1 Å². The van der Waals surface area contributed by atoms with Gasteiger partial charge in [-0.15, -0.1) is 0 Å². The second-order valence-corrected chi connectivity index (χ2v) is 10.5. The van der Waals surface area contributed by atoms with Crippen molar-refractivity contribution in [1.29, 1.82) is 0 Å². The van der Waals surface area contributed by atoms with Crippen molar-refractivity contribution in [2.24, 2.45) is 0 Å². The molecular formula is C27H29ClN4O3S. The van der Waals surface area contributed by atoms with Crippen LogP contribution in [0, 0.1) is 6.92 Å². The Hall–Kier alpha value is -3.20. The number of benzene rings is 3. The van der Waals surface area contributed by atoms with Gasteiger partial charge < -0.3 is 4.57 Å². The summed E-state index contributed by atoms with van der Waals surface area (Å²) in [4.78, 5) is 17.4. The Morgan fingerprint density at radius 1 is 1.00 bits per heavy atom. The molecule has 9 heteroatoms. The van der Waals surface area contributed by atoms with Crippen molar-refractivity contribution in [3.63, 3.8) is 0 Å². The number of hydrogen-bond donors (Lipinski definition) is 2. The van der Waals surface area contributed by atoms with Crippen molar-refractivity contribution in [3.05, 3.63) is 88.7 Å². The molecular weight excluding hydrogens is 496 g/mol. The van der Waals surface area contributed by atoms with Gasteiger partial charge >= 0.3 is 10.2 Å². The lowest BCUT2D eigenvalue weighted by molar-refractivity contribution is 0.0981. The van der Waals surface area contributed by atoms with Crippen LogP contribution in [0.2, 0.25) is 5.02 Å². The van der Waals surface area contributed by atoms with Gasteiger partial charge in [0.15, 0.2) is 0 Å². The Morgan fingerprint density at radius 2 is 1.72 bits per heavy atom. The van der Waals surface area contributed by atoms with E-state index in [9.17, 15) is 13.2 Å². The Kier molecular flexibility index (Phi) is 8.08. The van der Waals surface area contributed by atoms with Gasteiger partial charge in [0.1, 0.15) is 5.82 Å². The summed E-state index contributed by atoms with van der Waals surface area (Å²) in [5, 5.41) is 0.667. The number of nitrogens with zero attached hydrogens (tertiary/aromatic N) is 2. The van der Waals surface area contributed by atoms with Crippen LogP contribution in [0.25, 0.3) is 22.2 Å². The van der Waals surface area contributed by atoms with Gasteiger partial charge in [-0.1, -0.05) is 73.8 Å². The van der Waals surface area contributed by atoms with E-state index in [1.165, 1.54) is 0 Å². The fourth-order valence-electron chi connectivity index (χ4n) is 4.15. The van der Waals surface area contributed by atoms with Crippen LogP contribution in [0.4, 0.5) is 0 Å². The quantitative estimate of drug-likeness (QED) is 0.269. The molecule has 0 bridgehead atoms. The van der Waals surface area contributed by atoms with Crippen LogP contribution < -0.4 is 9.44 Å². The van der Waals surface area contributed by atoms with Gasteiger partial charge in [0, 0.05) is 29.2 Å². The molecule has 0 spiro atoms. The number of unbranched alkanes of at least 4 members (excludes halogenated alkanes) is 2. The van der Waals surface area contributed by atoms with Crippen molar-refractivity contribution < 1.29 is 13.2 Å². The van der Waals surface area contributed by atoms with Crippen molar-refractivity contribution in [1.82, 2.24) is 19.0 Å². The molecule has 3 aromatic carbocycles. The number of nitrogens with one attached hydrogen (secondary N) is 2. The molecule has 2 N–H and O–H groups in total. The van der Waals surface area contributed by atoms with Crippen molar-refractivity contribution in [2.75, 3.05) is 6.54 Å². The first-order valence-electron chi connectivity index (χ1n) is 11.9. The second kappa shape index (κ2) is 11.2. The van der Waals surface area contributed by atoms with Crippen molar-refractivity contribution >= 4 is 38.8 Å². The maximum atomic E-state index is 12.8. The molecule has 0 saturated heterocycles. The number of rotatable bonds is 10. The Morgan fingerprint density at radius 3 is 2.47 bits per heavy atom. The molecule has 0 aliphatic rings. The number of halogens is 1. The normalized spacial score (nSPS) is 11.6. The highest BCUT2D eigenvalue weighted by Crippen LogP contribution is 2.31. The number of carbonyl (C=O) groups excluding carboxylic acids is 1. The van der Waals surface area contributed by atoms with E-state index < -0.39 is 16.1 Å². The highest BCUT2D eigenvalue weighted by molar-refractivity contribution is 7.88. The lowest BCUT2D eigenvalue weighted by Crippen LogP contribution is -2.40. The summed E-state index contributed by atoms with van der Waals surface area (Å²) in [6.45, 7) is 4.73. The average molecular weight is 525 g/mol. The molecule has 4 rings (SSSR count). The molecule has 1 amide bonds. The minimum Gasteiger partial charge on any atom is -0.324 e. The predicted molar refractivity (Wildman–Crippen MR) is 144 cm³/mol. The van der Waals surface area contributed by atoms with Crippen LogP contribution in [0.1, 0.15) is 47.9 Å². The molecule has 36 heavy (non-hydrogen) atoms. The second-order valence-electron chi connectivity index (χ2n) is 8.62. The standard InChI is InChI=1S/C27H29ClN4O3S/c1-3-4-9-16-29-36(34,35)31-27(33)20-14-15-25-26(17-20)32(19(2)30-25)18-21-10-5-6-11-22(21)23-12-7-8-13-24(23)28/h5-8,10-15,17,29H,3-4,9,16,18H2,1-2H3,(H,31,33). The zero-order valence-corrected chi connectivity index (χ0v) is 21.9. The number of fused-ring (bicyclic) bond motifs is 1. The summed E-state index contributed by atoms with van der Waals surface area (Å²) in [5.74, 6) is 0.0866. The highest BCUT2D eigenvalue weighted by atomic mass is 35.5. The van der Waals surface area contributed by atoms with E-state index >= 15 is 0 Å². The van der Waals surface area contributed by atoms with Gasteiger partial charge in [0.05, 0.1) is 11.0 Å². The molecule has 0 unspecified atom stereocenters. The highest BCUT2D eigenvalue weighted by Gasteiger charge is 2.18. The molecule has 188 valence electrons. The summed E-state index contributed by atoms with van der Waals surface area (Å²) in [5.41, 5.74) is 4.69. The molecule has 4 aromatic rings. The number of hydrogen-bond acceptors (Lipinski definition) is 4. The summed E-state index contributed by atoms with van der Waals surface area (Å²) < 4.78 is 31.1. The lowest BCUT2D eigenvalue weighted by Gasteiger charge is -2.14. The SMILES string of the molecule is CCCCCNS(=O)(=O)NC(=O)c1ccc2nc(C)n(Cc3ccccc3-c3ccccc3Cl)c2c1. The molecule has 0 saturated carbocycles. The van der Waals surface area contributed by atoms with E-state index in [0.29, 0.717) is 18.0 Å². The van der Waals surface area contributed by atoms with E-state index in [0.717, 1.165) is 46.4 Å². The number of imidazole rings is 1. The molecule has 0 aliphatic heterocycles. The van der Waals surface area contributed by atoms with Crippen LogP contribution in [0.3, 0.4) is 0 Å². The Bertz CT molecular complexity index is 1500. The van der Waals surface area contributed by atoms with E-state index in [1.807, 2.05) is 66.9 Å². The molecule has 1 aromatic heterocycles. The van der Waals surface area contributed by atoms with Crippen molar-refractivity contribution in [2.45, 2.75) is 39.7 Å². The molecule has 0 fully saturated rings. The zero-order chi connectivity index (χ0) is 25.7. The van der Waals surface area contributed by atoms with E-state index in [2.05, 4.69) is 14.4 Å². The number of amides is 1. The number of aromatic nitrogens is 2. The van der Waals surface area contributed by atoms with Crippen LogP contribution in [-0.2, 0) is 16.8 Å². The summed E-state index contributed by atoms with van der Waals surface area (Å²) in [6, 6.07) is 20.7. The summed E-state index contributed by atoms with van der Waals surface area (Å²) >= 11 is 6.48. The van der Waals surface area contributed by atoms with E-state index in [-0.39, 0.29) is 12.1 Å². The summed E-state index contributed by atoms with van der Waals surface area (Å²) in [7, 11) is -3.94. The minimum absolute atomic E-state index is 0.238. The molecule has 0 aliphatic carbocycles. The Balaban J connectivity index is 1.62. The molecule has 7 nitrogen and oxygen atoms in total. The number of carbonyl (C=O) groups is 1. The maximum Gasteiger partial charge on any atom is 0.301 e. The van der Waals surface area contributed by atoms with Gasteiger partial charge in [-0.25, -0.2) is 9.71 Å². The van der Waals surface area contributed by atoms with Gasteiger partial charge in [0.2, 0.25) is 0 Å². The summed E-state index contributed by atoms with van der Waals surface area (Å²) in [6.07, 6.45) is 2.60. The first-order valence-corrected chi connectivity index (χ1v) is 13.8. The van der Waals surface area contributed by atoms with Crippen LogP contribution >= 0.6 is 11.6 Å². The zero-order valence-electron chi connectivity index (χ0n) is 20.3. The third kappa shape index (κ3) is 5.95. The van der Waals surface area contributed by atoms with E-state index in [1.54, 1.807) is 18.2 Å². The third-order valence-electron chi connectivity index (χ3n) is 6.01. The van der Waals surface area contributed by atoms with Gasteiger partial charge in [-0.05, 0) is 48.7 Å². The van der Waals surface area contributed by atoms with Gasteiger partial charge in [0.25, 0.3) is 5.91 Å². The Labute approximate surface area is 216 Å². The lowest BCUT2D eigenvalue weighted by atomic mass is 9.99. The van der Waals surface area contributed by atoms with Crippen LogP contribution in [-0.4, -0.2) is 30.4 Å². The smallest absolute Gasteiger partial charge is 0.301 e. The first kappa shape index (κ1) is 25.9. The molecule has 1 heterocycles. The van der Waals surface area contributed by atoms with Gasteiger partial charge in [-0.2, -0.15) is 13.1 Å². The van der Waals surface area contributed by atoms with Crippen molar-refractivity contribution in [3.8, 4) is 11.1 Å².